The molecule has 0 spiro atoms. The third-order valence-corrected chi connectivity index (χ3v) is 4.72. The first-order valence-electron chi connectivity index (χ1n) is 8.21. The van der Waals surface area contributed by atoms with Crippen LogP contribution in [0.15, 0.2) is 0 Å². The van der Waals surface area contributed by atoms with E-state index in [0.29, 0.717) is 13.1 Å². The van der Waals surface area contributed by atoms with Crippen molar-refractivity contribution >= 4 is 5.91 Å². The highest BCUT2D eigenvalue weighted by atomic mass is 16.5. The molecule has 2 rings (SSSR count). The number of hydrogen-bond donors (Lipinski definition) is 2. The number of amides is 1. The minimum Gasteiger partial charge on any atom is -0.394 e. The van der Waals surface area contributed by atoms with Crippen molar-refractivity contribution < 1.29 is 14.6 Å². The molecule has 0 saturated carbocycles. The van der Waals surface area contributed by atoms with Crippen molar-refractivity contribution in [2.45, 2.75) is 58.2 Å². The Hall–Kier alpha value is -0.650. The molecule has 2 N–H and O–H groups in total. The minimum absolute atomic E-state index is 0.0322. The predicted molar refractivity (Wildman–Crippen MR) is 82.1 cm³/mol. The van der Waals surface area contributed by atoms with Gasteiger partial charge in [-0.1, -0.05) is 13.3 Å². The Bertz CT molecular complexity index is 359. The first-order chi connectivity index (χ1) is 9.92. The predicted octanol–water partition coefficient (Wildman–Crippen LogP) is 1.15. The number of hydrogen-bond acceptors (Lipinski definition) is 4. The summed E-state index contributed by atoms with van der Waals surface area (Å²) in [6.45, 7) is 9.06. The molecule has 5 heteroatoms. The highest BCUT2D eigenvalue weighted by Gasteiger charge is 2.44. The second-order valence-corrected chi connectivity index (χ2v) is 7.15. The van der Waals surface area contributed by atoms with E-state index in [1.807, 2.05) is 18.7 Å². The van der Waals surface area contributed by atoms with Gasteiger partial charge in [-0.3, -0.25) is 4.79 Å². The molecule has 1 unspecified atom stereocenters. The zero-order valence-corrected chi connectivity index (χ0v) is 13.7. The lowest BCUT2D eigenvalue weighted by Gasteiger charge is -2.47. The van der Waals surface area contributed by atoms with Gasteiger partial charge in [-0.25, -0.2) is 0 Å². The summed E-state index contributed by atoms with van der Waals surface area (Å²) in [5.74, 6) is 0.265. The molecule has 0 aromatic rings. The van der Waals surface area contributed by atoms with Gasteiger partial charge in [0.15, 0.2) is 0 Å². The Labute approximate surface area is 128 Å². The van der Waals surface area contributed by atoms with Crippen LogP contribution in [0.2, 0.25) is 0 Å². The van der Waals surface area contributed by atoms with E-state index in [9.17, 15) is 9.90 Å². The second-order valence-electron chi connectivity index (χ2n) is 7.15. The topological polar surface area (TPSA) is 61.8 Å². The molecule has 2 fully saturated rings. The molecule has 0 aromatic carbocycles. The highest BCUT2D eigenvalue weighted by molar-refractivity contribution is 5.83. The maximum atomic E-state index is 13.2. The van der Waals surface area contributed by atoms with Crippen LogP contribution in [0.4, 0.5) is 0 Å². The van der Waals surface area contributed by atoms with Crippen molar-refractivity contribution in [3.05, 3.63) is 0 Å². The van der Waals surface area contributed by atoms with Gasteiger partial charge in [-0.2, -0.15) is 0 Å². The fourth-order valence-corrected chi connectivity index (χ4v) is 3.84. The van der Waals surface area contributed by atoms with E-state index in [-0.39, 0.29) is 29.6 Å². The number of nitrogens with zero attached hydrogens (tertiary/aromatic N) is 1. The number of ether oxygens (including phenoxy) is 1. The summed E-state index contributed by atoms with van der Waals surface area (Å²) < 4.78 is 5.83. The number of aliphatic hydroxyl groups excluding tert-OH is 1. The Balaban J connectivity index is 2.15. The minimum atomic E-state index is -0.387. The normalized spacial score (nSPS) is 28.4. The number of nitrogens with one attached hydrogen (secondary N) is 1. The van der Waals surface area contributed by atoms with Gasteiger partial charge in [0, 0.05) is 13.1 Å². The summed E-state index contributed by atoms with van der Waals surface area (Å²) in [7, 11) is 0. The monoisotopic (exact) mass is 298 g/mol. The summed E-state index contributed by atoms with van der Waals surface area (Å²) >= 11 is 0. The van der Waals surface area contributed by atoms with Crippen LogP contribution in [0.25, 0.3) is 0 Å². The Morgan fingerprint density at radius 2 is 2.05 bits per heavy atom. The van der Waals surface area contributed by atoms with Crippen molar-refractivity contribution in [2.75, 3.05) is 32.8 Å². The molecule has 122 valence electrons. The smallest absolute Gasteiger partial charge is 0.229 e. The zero-order valence-electron chi connectivity index (χ0n) is 13.7. The van der Waals surface area contributed by atoms with Crippen molar-refractivity contribution in [1.29, 1.82) is 0 Å². The third kappa shape index (κ3) is 3.76. The van der Waals surface area contributed by atoms with Crippen LogP contribution >= 0.6 is 0 Å². The van der Waals surface area contributed by atoms with E-state index in [2.05, 4.69) is 12.2 Å². The fourth-order valence-electron chi connectivity index (χ4n) is 3.84. The van der Waals surface area contributed by atoms with E-state index in [4.69, 9.17) is 4.74 Å². The number of piperidine rings is 1. The SMILES string of the molecule is CCCC1(C(=O)N2CC(CO)OC(C)(C)C2)CCNCC1. The van der Waals surface area contributed by atoms with E-state index < -0.39 is 0 Å². The average Bonchev–Trinajstić information content (AvgIpc) is 2.46. The summed E-state index contributed by atoms with van der Waals surface area (Å²) in [6, 6.07) is 0. The summed E-state index contributed by atoms with van der Waals surface area (Å²) in [6.07, 6.45) is 3.55. The molecule has 2 saturated heterocycles. The molecule has 21 heavy (non-hydrogen) atoms. The standard InChI is InChI=1S/C16H30N2O3/c1-4-5-16(6-8-17-9-7-16)14(20)18-10-13(11-19)21-15(2,3)12-18/h13,17,19H,4-12H2,1-3H3. The Kier molecular flexibility index (Phi) is 5.28. The molecule has 1 amide bonds. The quantitative estimate of drug-likeness (QED) is 0.817. The van der Waals surface area contributed by atoms with E-state index in [0.717, 1.165) is 38.8 Å². The molecule has 1 atom stereocenters. The fraction of sp³-hybridized carbons (Fsp3) is 0.938. The molecule has 2 aliphatic rings. The maximum Gasteiger partial charge on any atom is 0.229 e. The molecule has 2 heterocycles. The number of aliphatic hydroxyl groups is 1. The van der Waals surface area contributed by atoms with Gasteiger partial charge in [0.2, 0.25) is 5.91 Å². The molecular weight excluding hydrogens is 268 g/mol. The second kappa shape index (κ2) is 6.63. The molecule has 0 aliphatic carbocycles. The molecule has 0 aromatic heterocycles. The van der Waals surface area contributed by atoms with E-state index in [1.54, 1.807) is 0 Å². The van der Waals surface area contributed by atoms with Crippen molar-refractivity contribution in [1.82, 2.24) is 10.2 Å². The number of carbonyl (C=O) groups excluding carboxylic acids is 1. The Morgan fingerprint density at radius 3 is 2.62 bits per heavy atom. The van der Waals surface area contributed by atoms with Gasteiger partial charge in [0.05, 0.1) is 23.7 Å². The lowest BCUT2D eigenvalue weighted by Crippen LogP contribution is -2.59. The van der Waals surface area contributed by atoms with Crippen molar-refractivity contribution in [3.8, 4) is 0 Å². The van der Waals surface area contributed by atoms with Crippen LogP contribution < -0.4 is 5.32 Å². The first-order valence-corrected chi connectivity index (χ1v) is 8.21. The molecule has 2 aliphatic heterocycles. The molecular formula is C16H30N2O3. The number of carbonyl (C=O) groups is 1. The van der Waals surface area contributed by atoms with Gasteiger partial charge in [0.25, 0.3) is 0 Å². The van der Waals surface area contributed by atoms with Crippen LogP contribution in [-0.2, 0) is 9.53 Å². The highest BCUT2D eigenvalue weighted by Crippen LogP contribution is 2.37. The molecule has 0 radical (unpaired) electrons. The maximum absolute atomic E-state index is 13.2. The van der Waals surface area contributed by atoms with Crippen LogP contribution in [0.1, 0.15) is 46.5 Å². The zero-order chi connectivity index (χ0) is 15.5. The summed E-state index contributed by atoms with van der Waals surface area (Å²) in [5, 5.41) is 12.8. The van der Waals surface area contributed by atoms with Crippen LogP contribution in [0, 0.1) is 5.41 Å². The van der Waals surface area contributed by atoms with E-state index >= 15 is 0 Å². The first kappa shape index (κ1) is 16.7. The Morgan fingerprint density at radius 1 is 1.38 bits per heavy atom. The lowest BCUT2D eigenvalue weighted by molar-refractivity contribution is -0.176. The van der Waals surface area contributed by atoms with Crippen molar-refractivity contribution in [3.63, 3.8) is 0 Å². The van der Waals surface area contributed by atoms with E-state index in [1.165, 1.54) is 0 Å². The summed E-state index contributed by atoms with van der Waals surface area (Å²) in [5.41, 5.74) is -0.602. The third-order valence-electron chi connectivity index (χ3n) is 4.72. The molecule has 5 nitrogen and oxygen atoms in total. The number of rotatable bonds is 4. The van der Waals surface area contributed by atoms with Gasteiger partial charge >= 0.3 is 0 Å². The van der Waals surface area contributed by atoms with Crippen LogP contribution in [0.5, 0.6) is 0 Å². The van der Waals surface area contributed by atoms with Gasteiger partial charge < -0.3 is 20.1 Å². The summed E-state index contributed by atoms with van der Waals surface area (Å²) in [4.78, 5) is 15.1. The average molecular weight is 298 g/mol. The van der Waals surface area contributed by atoms with Gasteiger partial charge in [0.1, 0.15) is 0 Å². The van der Waals surface area contributed by atoms with Gasteiger partial charge in [-0.05, 0) is 46.2 Å². The number of morpholine rings is 1. The lowest BCUT2D eigenvalue weighted by atomic mass is 9.74. The van der Waals surface area contributed by atoms with Crippen LogP contribution in [-0.4, -0.2) is 60.4 Å². The van der Waals surface area contributed by atoms with Crippen molar-refractivity contribution in [2.24, 2.45) is 5.41 Å². The van der Waals surface area contributed by atoms with Crippen LogP contribution in [0.3, 0.4) is 0 Å². The molecule has 0 bridgehead atoms. The van der Waals surface area contributed by atoms with Gasteiger partial charge in [-0.15, -0.1) is 0 Å². The largest absolute Gasteiger partial charge is 0.394 e.